The molecule has 2 rings (SSSR count). The summed E-state index contributed by atoms with van der Waals surface area (Å²) in [6, 6.07) is 8.47. The van der Waals surface area contributed by atoms with E-state index in [2.05, 4.69) is 4.98 Å². The molecule has 0 aliphatic heterocycles. The van der Waals surface area contributed by atoms with E-state index in [-0.39, 0.29) is 5.82 Å². The van der Waals surface area contributed by atoms with Crippen LogP contribution in [0.1, 0.15) is 10.4 Å². The zero-order chi connectivity index (χ0) is 12.3. The van der Waals surface area contributed by atoms with Gasteiger partial charge < -0.3 is 20.2 Å². The second-order valence-corrected chi connectivity index (χ2v) is 3.35. The third-order valence-corrected chi connectivity index (χ3v) is 2.27. The lowest BCUT2D eigenvalue weighted by atomic mass is 10.3. The first-order valence-electron chi connectivity index (χ1n) is 5.00. The Morgan fingerprint density at radius 2 is 1.94 bits per heavy atom. The number of nitrogens with one attached hydrogen (secondary N) is 1. The zero-order valence-electron chi connectivity index (χ0n) is 9.27. The number of carbonyl (C=O) groups excluding carboxylic acids is 1. The lowest BCUT2D eigenvalue weighted by Gasteiger charge is -2.08. The van der Waals surface area contributed by atoms with Crippen molar-refractivity contribution in [1.82, 2.24) is 4.98 Å². The number of aromatic amines is 1. The molecule has 1 aromatic carbocycles. The van der Waals surface area contributed by atoms with E-state index in [1.165, 1.54) is 7.11 Å². The molecule has 0 saturated carbocycles. The molecule has 88 valence electrons. The van der Waals surface area contributed by atoms with Crippen molar-refractivity contribution in [3.8, 4) is 11.5 Å². The van der Waals surface area contributed by atoms with Crippen LogP contribution in [-0.4, -0.2) is 18.1 Å². The number of esters is 1. The van der Waals surface area contributed by atoms with Gasteiger partial charge in [-0.3, -0.25) is 0 Å². The highest BCUT2D eigenvalue weighted by Crippen LogP contribution is 2.27. The summed E-state index contributed by atoms with van der Waals surface area (Å²) < 4.78 is 10.3. The van der Waals surface area contributed by atoms with E-state index in [1.807, 2.05) is 0 Å². The van der Waals surface area contributed by atoms with Gasteiger partial charge in [-0.25, -0.2) is 4.79 Å². The van der Waals surface area contributed by atoms with E-state index in [1.54, 1.807) is 36.5 Å². The Kier molecular flexibility index (Phi) is 3.00. The normalized spacial score (nSPS) is 9.94. The first-order valence-corrected chi connectivity index (χ1v) is 5.00. The van der Waals surface area contributed by atoms with E-state index in [0.717, 1.165) is 0 Å². The van der Waals surface area contributed by atoms with Crippen molar-refractivity contribution in [1.29, 1.82) is 0 Å². The molecule has 0 fully saturated rings. The number of benzene rings is 1. The standard InChI is InChI=1S/C12H12N2O3/c1-16-9-4-2-3-5-10(9)17-12(15)8-6-7-14-11(8)13/h2-7,14H,13H2,1H3. The van der Waals surface area contributed by atoms with Crippen molar-refractivity contribution >= 4 is 11.8 Å². The van der Waals surface area contributed by atoms with Crippen molar-refractivity contribution in [3.63, 3.8) is 0 Å². The molecular weight excluding hydrogens is 220 g/mol. The van der Waals surface area contributed by atoms with Crippen LogP contribution in [0.2, 0.25) is 0 Å². The van der Waals surface area contributed by atoms with Gasteiger partial charge in [0, 0.05) is 6.20 Å². The smallest absolute Gasteiger partial charge is 0.347 e. The molecule has 5 nitrogen and oxygen atoms in total. The molecule has 0 aliphatic rings. The molecule has 0 saturated heterocycles. The highest BCUT2D eigenvalue weighted by Gasteiger charge is 2.14. The fourth-order valence-corrected chi connectivity index (χ4v) is 1.42. The third-order valence-electron chi connectivity index (χ3n) is 2.27. The van der Waals surface area contributed by atoms with E-state index in [4.69, 9.17) is 15.2 Å². The largest absolute Gasteiger partial charge is 0.493 e. The van der Waals surface area contributed by atoms with Crippen molar-refractivity contribution in [3.05, 3.63) is 42.1 Å². The summed E-state index contributed by atoms with van der Waals surface area (Å²) in [6.07, 6.45) is 1.58. The molecule has 2 aromatic rings. The predicted octanol–water partition coefficient (Wildman–Crippen LogP) is 1.82. The number of carbonyl (C=O) groups is 1. The van der Waals surface area contributed by atoms with Crippen LogP contribution in [0.3, 0.4) is 0 Å². The van der Waals surface area contributed by atoms with E-state index < -0.39 is 5.97 Å². The van der Waals surface area contributed by atoms with Crippen LogP contribution in [0.15, 0.2) is 36.5 Å². The Labute approximate surface area is 98.2 Å². The minimum Gasteiger partial charge on any atom is -0.493 e. The van der Waals surface area contributed by atoms with E-state index >= 15 is 0 Å². The Balaban J connectivity index is 2.22. The summed E-state index contributed by atoms with van der Waals surface area (Å²) in [4.78, 5) is 14.5. The quantitative estimate of drug-likeness (QED) is 0.625. The number of H-pyrrole nitrogens is 1. The third kappa shape index (κ3) is 2.23. The van der Waals surface area contributed by atoms with Crippen molar-refractivity contribution in [2.75, 3.05) is 12.8 Å². The van der Waals surface area contributed by atoms with Crippen molar-refractivity contribution in [2.24, 2.45) is 0 Å². The van der Waals surface area contributed by atoms with Gasteiger partial charge in [0.2, 0.25) is 0 Å². The molecular formula is C12H12N2O3. The Morgan fingerprint density at radius 1 is 1.24 bits per heavy atom. The number of rotatable bonds is 3. The maximum atomic E-state index is 11.8. The van der Waals surface area contributed by atoms with Crippen LogP contribution in [0.4, 0.5) is 5.82 Å². The number of para-hydroxylation sites is 2. The number of methoxy groups -OCH3 is 1. The number of hydrogen-bond donors (Lipinski definition) is 2. The van der Waals surface area contributed by atoms with Crippen LogP contribution >= 0.6 is 0 Å². The van der Waals surface area contributed by atoms with Gasteiger partial charge in [0.1, 0.15) is 11.4 Å². The molecule has 0 spiro atoms. The molecule has 1 aromatic heterocycles. The van der Waals surface area contributed by atoms with E-state index in [9.17, 15) is 4.79 Å². The van der Waals surface area contributed by atoms with Gasteiger partial charge in [-0.05, 0) is 18.2 Å². The van der Waals surface area contributed by atoms with Crippen LogP contribution in [0, 0.1) is 0 Å². The average molecular weight is 232 g/mol. The molecule has 0 bridgehead atoms. The van der Waals surface area contributed by atoms with Crippen LogP contribution in [-0.2, 0) is 0 Å². The highest BCUT2D eigenvalue weighted by atomic mass is 16.6. The van der Waals surface area contributed by atoms with Gasteiger partial charge in [0.15, 0.2) is 11.5 Å². The second-order valence-electron chi connectivity index (χ2n) is 3.35. The van der Waals surface area contributed by atoms with Gasteiger partial charge in [0.05, 0.1) is 7.11 Å². The van der Waals surface area contributed by atoms with Crippen molar-refractivity contribution in [2.45, 2.75) is 0 Å². The minimum atomic E-state index is -0.520. The first-order chi connectivity index (χ1) is 8.22. The summed E-state index contributed by atoms with van der Waals surface area (Å²) >= 11 is 0. The van der Waals surface area contributed by atoms with Gasteiger partial charge in [-0.15, -0.1) is 0 Å². The lowest BCUT2D eigenvalue weighted by molar-refractivity contribution is 0.0731. The van der Waals surface area contributed by atoms with Crippen LogP contribution in [0.25, 0.3) is 0 Å². The lowest BCUT2D eigenvalue weighted by Crippen LogP contribution is -2.10. The zero-order valence-corrected chi connectivity index (χ0v) is 9.27. The highest BCUT2D eigenvalue weighted by molar-refractivity contribution is 5.95. The Morgan fingerprint density at radius 3 is 2.53 bits per heavy atom. The Bertz CT molecular complexity index is 534. The maximum Gasteiger partial charge on any atom is 0.347 e. The SMILES string of the molecule is COc1ccccc1OC(=O)c1cc[nH]c1N. The number of nitrogen functional groups attached to an aromatic ring is 1. The predicted molar refractivity (Wildman–Crippen MR) is 63.2 cm³/mol. The number of anilines is 1. The van der Waals surface area contributed by atoms with Crippen molar-refractivity contribution < 1.29 is 14.3 Å². The maximum absolute atomic E-state index is 11.8. The number of hydrogen-bond acceptors (Lipinski definition) is 4. The Hall–Kier alpha value is -2.43. The minimum absolute atomic E-state index is 0.282. The molecule has 17 heavy (non-hydrogen) atoms. The van der Waals surface area contributed by atoms with Gasteiger partial charge in [0.25, 0.3) is 0 Å². The molecule has 0 aliphatic carbocycles. The average Bonchev–Trinajstić information content (AvgIpc) is 2.76. The molecule has 0 atom stereocenters. The molecule has 0 radical (unpaired) electrons. The molecule has 1 heterocycles. The summed E-state index contributed by atoms with van der Waals surface area (Å²) in [5, 5.41) is 0. The molecule has 0 amide bonds. The fourth-order valence-electron chi connectivity index (χ4n) is 1.42. The molecule has 0 unspecified atom stereocenters. The summed E-state index contributed by atoms with van der Waals surface area (Å²) in [7, 11) is 1.51. The van der Waals surface area contributed by atoms with Crippen LogP contribution < -0.4 is 15.2 Å². The fraction of sp³-hybridized carbons (Fsp3) is 0.0833. The molecule has 3 N–H and O–H groups in total. The number of ether oxygens (including phenoxy) is 2. The monoisotopic (exact) mass is 232 g/mol. The summed E-state index contributed by atoms with van der Waals surface area (Å²) in [5.41, 5.74) is 5.88. The topological polar surface area (TPSA) is 77.3 Å². The summed E-state index contributed by atoms with van der Waals surface area (Å²) in [5.74, 6) is 0.619. The first kappa shape index (κ1) is 11.1. The number of aromatic nitrogens is 1. The van der Waals surface area contributed by atoms with E-state index in [0.29, 0.717) is 17.1 Å². The van der Waals surface area contributed by atoms with Gasteiger partial charge >= 0.3 is 5.97 Å². The molecule has 5 heteroatoms. The van der Waals surface area contributed by atoms with Crippen LogP contribution in [0.5, 0.6) is 11.5 Å². The summed E-state index contributed by atoms with van der Waals surface area (Å²) in [6.45, 7) is 0. The number of nitrogens with two attached hydrogens (primary N) is 1. The second kappa shape index (κ2) is 4.61. The van der Waals surface area contributed by atoms with Gasteiger partial charge in [-0.2, -0.15) is 0 Å². The van der Waals surface area contributed by atoms with Gasteiger partial charge in [-0.1, -0.05) is 12.1 Å².